The molecule has 8 heavy (non-hydrogen) atoms. The normalized spacial score (nSPS) is 9.50. The maximum atomic E-state index is 8.00. The predicted octanol–water partition coefficient (Wildman–Crippen LogP) is 2.26. The van der Waals surface area contributed by atoms with E-state index in [1.54, 1.807) is 0 Å². The standard InChI is InChI=1S/C6H14.CH2O/c1-5-6(2,3)4;1-2/h5H2,1-4H3;1H2. The van der Waals surface area contributed by atoms with Crippen LogP contribution in [-0.4, -0.2) is 6.79 Å². The number of hydrogen-bond donors (Lipinski definition) is 0. The maximum Gasteiger partial charge on any atom is 0.106 e. The van der Waals surface area contributed by atoms with Crippen molar-refractivity contribution in [3.8, 4) is 0 Å². The van der Waals surface area contributed by atoms with Gasteiger partial charge in [-0.3, -0.25) is 0 Å². The Morgan fingerprint density at radius 1 is 1.25 bits per heavy atom. The van der Waals surface area contributed by atoms with Crippen LogP contribution in [0.1, 0.15) is 34.1 Å². The van der Waals surface area contributed by atoms with Gasteiger partial charge in [-0.25, -0.2) is 0 Å². The van der Waals surface area contributed by atoms with Gasteiger partial charge in [-0.1, -0.05) is 34.1 Å². The third-order valence-electron chi connectivity index (χ3n) is 1.06. The fourth-order valence-corrected chi connectivity index (χ4v) is 0. The van der Waals surface area contributed by atoms with Crippen molar-refractivity contribution >= 4 is 6.79 Å². The van der Waals surface area contributed by atoms with Crippen molar-refractivity contribution in [2.75, 3.05) is 0 Å². The van der Waals surface area contributed by atoms with Crippen LogP contribution in [0.4, 0.5) is 0 Å². The van der Waals surface area contributed by atoms with Gasteiger partial charge >= 0.3 is 0 Å². The van der Waals surface area contributed by atoms with Crippen LogP contribution in [0.2, 0.25) is 0 Å². The van der Waals surface area contributed by atoms with Gasteiger partial charge in [-0.15, -0.1) is 0 Å². The van der Waals surface area contributed by atoms with E-state index in [2.05, 4.69) is 27.7 Å². The van der Waals surface area contributed by atoms with E-state index in [1.807, 2.05) is 6.79 Å². The third kappa shape index (κ3) is 17.3. The molecule has 0 N–H and O–H groups in total. The van der Waals surface area contributed by atoms with E-state index >= 15 is 0 Å². The van der Waals surface area contributed by atoms with E-state index in [0.717, 1.165) is 0 Å². The molecule has 0 saturated heterocycles. The van der Waals surface area contributed by atoms with Gasteiger partial charge in [0.1, 0.15) is 6.79 Å². The smallest absolute Gasteiger partial charge is 0.106 e. The summed E-state index contributed by atoms with van der Waals surface area (Å²) >= 11 is 0. The first kappa shape index (κ1) is 10.6. The van der Waals surface area contributed by atoms with E-state index in [1.165, 1.54) is 6.42 Å². The van der Waals surface area contributed by atoms with Crippen LogP contribution >= 0.6 is 0 Å². The zero-order chi connectivity index (χ0) is 7.21. The molecule has 0 aliphatic carbocycles. The molecule has 0 amide bonds. The maximum absolute atomic E-state index is 8.00. The van der Waals surface area contributed by atoms with Crippen LogP contribution in [0.3, 0.4) is 0 Å². The molecular formula is C7H16O. The van der Waals surface area contributed by atoms with Crippen molar-refractivity contribution in [2.45, 2.75) is 34.1 Å². The SMILES string of the molecule is C=O.CCC(C)(C)C. The second kappa shape index (κ2) is 4.82. The lowest BCUT2D eigenvalue weighted by Gasteiger charge is -2.12. The molecule has 0 aromatic heterocycles. The van der Waals surface area contributed by atoms with Crippen molar-refractivity contribution in [3.63, 3.8) is 0 Å². The minimum atomic E-state index is 0.542. The van der Waals surface area contributed by atoms with Crippen molar-refractivity contribution in [3.05, 3.63) is 0 Å². The summed E-state index contributed by atoms with van der Waals surface area (Å²) in [6.45, 7) is 10.9. The van der Waals surface area contributed by atoms with Gasteiger partial charge < -0.3 is 4.79 Å². The number of rotatable bonds is 0. The predicted molar refractivity (Wildman–Crippen MR) is 36.9 cm³/mol. The Labute approximate surface area is 52.1 Å². The molecule has 0 fully saturated rings. The minimum absolute atomic E-state index is 0.542. The van der Waals surface area contributed by atoms with E-state index in [9.17, 15) is 0 Å². The van der Waals surface area contributed by atoms with Gasteiger partial charge in [-0.2, -0.15) is 0 Å². The van der Waals surface area contributed by atoms with Crippen LogP contribution in [0.5, 0.6) is 0 Å². The summed E-state index contributed by atoms with van der Waals surface area (Å²) in [6.07, 6.45) is 1.27. The van der Waals surface area contributed by atoms with Gasteiger partial charge in [0.2, 0.25) is 0 Å². The van der Waals surface area contributed by atoms with Gasteiger partial charge in [0, 0.05) is 0 Å². The molecule has 0 aliphatic heterocycles. The highest BCUT2D eigenvalue weighted by Gasteiger charge is 2.03. The average Bonchev–Trinajstić information content (AvgIpc) is 1.71. The third-order valence-corrected chi connectivity index (χ3v) is 1.06. The highest BCUT2D eigenvalue weighted by molar-refractivity contribution is 5.10. The van der Waals surface area contributed by atoms with Gasteiger partial charge in [0.15, 0.2) is 0 Å². The van der Waals surface area contributed by atoms with E-state index in [0.29, 0.717) is 5.41 Å². The molecule has 0 spiro atoms. The number of hydrogen-bond acceptors (Lipinski definition) is 1. The molecule has 0 unspecified atom stereocenters. The fraction of sp³-hybridized carbons (Fsp3) is 0.857. The Balaban J connectivity index is 0. The molecule has 0 heterocycles. The Morgan fingerprint density at radius 3 is 1.38 bits per heavy atom. The summed E-state index contributed by atoms with van der Waals surface area (Å²) in [5.74, 6) is 0. The first-order valence-electron chi connectivity index (χ1n) is 2.85. The lowest BCUT2D eigenvalue weighted by atomic mass is 9.94. The Hall–Kier alpha value is -0.330. The quantitative estimate of drug-likeness (QED) is 0.474. The molecule has 1 heteroatoms. The monoisotopic (exact) mass is 116 g/mol. The summed E-state index contributed by atoms with van der Waals surface area (Å²) in [6, 6.07) is 0. The molecule has 0 aromatic rings. The zero-order valence-corrected chi connectivity index (χ0v) is 6.32. The van der Waals surface area contributed by atoms with E-state index in [4.69, 9.17) is 4.79 Å². The summed E-state index contributed by atoms with van der Waals surface area (Å²) < 4.78 is 0. The van der Waals surface area contributed by atoms with Gasteiger partial charge in [-0.05, 0) is 5.41 Å². The molecule has 0 aliphatic rings. The Morgan fingerprint density at radius 2 is 1.38 bits per heavy atom. The lowest BCUT2D eigenvalue weighted by Crippen LogP contribution is -2.00. The Kier molecular flexibility index (Phi) is 6.39. The van der Waals surface area contributed by atoms with Crippen molar-refractivity contribution < 1.29 is 4.79 Å². The first-order chi connectivity index (χ1) is 3.56. The summed E-state index contributed by atoms with van der Waals surface area (Å²) in [7, 11) is 0. The topological polar surface area (TPSA) is 17.1 Å². The van der Waals surface area contributed by atoms with Crippen LogP contribution in [0.15, 0.2) is 0 Å². The molecule has 50 valence electrons. The van der Waals surface area contributed by atoms with E-state index < -0.39 is 0 Å². The van der Waals surface area contributed by atoms with Crippen molar-refractivity contribution in [1.82, 2.24) is 0 Å². The van der Waals surface area contributed by atoms with Crippen LogP contribution in [-0.2, 0) is 4.79 Å². The number of carbonyl (C=O) groups is 1. The molecule has 0 radical (unpaired) electrons. The molecule has 0 saturated carbocycles. The molecule has 0 rings (SSSR count). The molecular weight excluding hydrogens is 100 g/mol. The van der Waals surface area contributed by atoms with Gasteiger partial charge in [0.05, 0.1) is 0 Å². The minimum Gasteiger partial charge on any atom is -0.307 e. The summed E-state index contributed by atoms with van der Waals surface area (Å²) in [4.78, 5) is 8.00. The molecule has 0 atom stereocenters. The van der Waals surface area contributed by atoms with Crippen molar-refractivity contribution in [1.29, 1.82) is 0 Å². The van der Waals surface area contributed by atoms with E-state index in [-0.39, 0.29) is 0 Å². The summed E-state index contributed by atoms with van der Waals surface area (Å²) in [5, 5.41) is 0. The highest BCUT2D eigenvalue weighted by atomic mass is 16.1. The largest absolute Gasteiger partial charge is 0.307 e. The van der Waals surface area contributed by atoms with Crippen molar-refractivity contribution in [2.24, 2.45) is 5.41 Å². The van der Waals surface area contributed by atoms with Gasteiger partial charge in [0.25, 0.3) is 0 Å². The zero-order valence-electron chi connectivity index (χ0n) is 6.32. The molecule has 0 bridgehead atoms. The molecule has 0 aromatic carbocycles. The second-order valence-electron chi connectivity index (χ2n) is 2.91. The second-order valence-corrected chi connectivity index (χ2v) is 2.91. The van der Waals surface area contributed by atoms with Crippen LogP contribution in [0.25, 0.3) is 0 Å². The number of carbonyl (C=O) groups excluding carboxylic acids is 1. The average molecular weight is 116 g/mol. The van der Waals surface area contributed by atoms with Crippen LogP contribution < -0.4 is 0 Å². The first-order valence-corrected chi connectivity index (χ1v) is 2.85. The lowest BCUT2D eigenvalue weighted by molar-refractivity contribution is -0.0979. The Bertz CT molecular complexity index is 42.8. The summed E-state index contributed by atoms with van der Waals surface area (Å²) in [5.41, 5.74) is 0.542. The van der Waals surface area contributed by atoms with Crippen LogP contribution in [0, 0.1) is 5.41 Å². The molecule has 1 nitrogen and oxygen atoms in total. The highest BCUT2D eigenvalue weighted by Crippen LogP contribution is 2.16. The fourth-order valence-electron chi connectivity index (χ4n) is 0.